The van der Waals surface area contributed by atoms with Gasteiger partial charge in [-0.05, 0) is 36.8 Å². The molecule has 1 aromatic rings. The standard InChI is InChI=1S/C15H22O3/c1-10-8-11(2)15(12(16)9-10)18-14-7-5-4-6-13(14)17-3/h4-7,10-12,15-16H,8-9H2,1-3H3. The minimum absolute atomic E-state index is 0.141. The van der Waals surface area contributed by atoms with E-state index in [0.29, 0.717) is 17.6 Å². The van der Waals surface area contributed by atoms with E-state index >= 15 is 0 Å². The lowest BCUT2D eigenvalue weighted by molar-refractivity contribution is -0.0397. The fraction of sp³-hybridized carbons (Fsp3) is 0.600. The average molecular weight is 250 g/mol. The Bertz CT molecular complexity index is 379. The molecule has 0 amide bonds. The van der Waals surface area contributed by atoms with Gasteiger partial charge in [0.15, 0.2) is 11.5 Å². The molecule has 0 bridgehead atoms. The Kier molecular flexibility index (Phi) is 4.12. The second kappa shape index (κ2) is 5.61. The van der Waals surface area contributed by atoms with Crippen molar-refractivity contribution < 1.29 is 14.6 Å². The number of aliphatic hydroxyl groups excluding tert-OH is 1. The molecular formula is C15H22O3. The van der Waals surface area contributed by atoms with Gasteiger partial charge in [0.1, 0.15) is 6.10 Å². The number of rotatable bonds is 3. The first-order valence-corrected chi connectivity index (χ1v) is 6.59. The Hall–Kier alpha value is -1.22. The molecule has 0 aliphatic heterocycles. The smallest absolute Gasteiger partial charge is 0.161 e. The third-order valence-electron chi connectivity index (χ3n) is 3.69. The lowest BCUT2D eigenvalue weighted by Gasteiger charge is -2.37. The fourth-order valence-corrected chi connectivity index (χ4v) is 2.85. The maximum Gasteiger partial charge on any atom is 0.161 e. The second-order valence-corrected chi connectivity index (χ2v) is 5.35. The van der Waals surface area contributed by atoms with Crippen LogP contribution < -0.4 is 9.47 Å². The highest BCUT2D eigenvalue weighted by Crippen LogP contribution is 2.35. The first-order valence-electron chi connectivity index (χ1n) is 6.59. The molecule has 100 valence electrons. The minimum Gasteiger partial charge on any atom is -0.493 e. The van der Waals surface area contributed by atoms with Gasteiger partial charge in [-0.3, -0.25) is 0 Å². The largest absolute Gasteiger partial charge is 0.493 e. The molecule has 0 heterocycles. The summed E-state index contributed by atoms with van der Waals surface area (Å²) >= 11 is 0. The summed E-state index contributed by atoms with van der Waals surface area (Å²) < 4.78 is 11.2. The van der Waals surface area contributed by atoms with E-state index in [2.05, 4.69) is 13.8 Å². The van der Waals surface area contributed by atoms with Crippen molar-refractivity contribution in [3.8, 4) is 11.5 Å². The molecule has 1 N–H and O–H groups in total. The highest BCUT2D eigenvalue weighted by atomic mass is 16.5. The molecule has 18 heavy (non-hydrogen) atoms. The molecule has 1 aliphatic rings. The van der Waals surface area contributed by atoms with Gasteiger partial charge in [0.25, 0.3) is 0 Å². The summed E-state index contributed by atoms with van der Waals surface area (Å²) in [7, 11) is 1.63. The van der Waals surface area contributed by atoms with Crippen LogP contribution >= 0.6 is 0 Å². The molecule has 3 nitrogen and oxygen atoms in total. The Morgan fingerprint density at radius 3 is 2.39 bits per heavy atom. The summed E-state index contributed by atoms with van der Waals surface area (Å²) in [6, 6.07) is 7.59. The topological polar surface area (TPSA) is 38.7 Å². The fourth-order valence-electron chi connectivity index (χ4n) is 2.85. The first kappa shape index (κ1) is 13.2. The number of hydrogen-bond donors (Lipinski definition) is 1. The van der Waals surface area contributed by atoms with Crippen LogP contribution in [0.15, 0.2) is 24.3 Å². The van der Waals surface area contributed by atoms with Crippen LogP contribution in [0.4, 0.5) is 0 Å². The van der Waals surface area contributed by atoms with E-state index in [1.807, 2.05) is 24.3 Å². The summed E-state index contributed by atoms with van der Waals surface area (Å²) in [5, 5.41) is 10.2. The Balaban J connectivity index is 2.12. The predicted octanol–water partition coefficient (Wildman–Crippen LogP) is 2.87. The van der Waals surface area contributed by atoms with Crippen LogP contribution in [0.25, 0.3) is 0 Å². The molecule has 4 unspecified atom stereocenters. The van der Waals surface area contributed by atoms with E-state index in [1.54, 1.807) is 7.11 Å². The summed E-state index contributed by atoms with van der Waals surface area (Å²) in [6.07, 6.45) is 1.37. The van der Waals surface area contributed by atoms with Crippen molar-refractivity contribution in [2.45, 2.75) is 38.9 Å². The third-order valence-corrected chi connectivity index (χ3v) is 3.69. The van der Waals surface area contributed by atoms with E-state index < -0.39 is 6.10 Å². The van der Waals surface area contributed by atoms with Gasteiger partial charge in [-0.1, -0.05) is 26.0 Å². The van der Waals surface area contributed by atoms with Gasteiger partial charge in [0.05, 0.1) is 13.2 Å². The number of para-hydroxylation sites is 2. The van der Waals surface area contributed by atoms with Crippen LogP contribution in [-0.2, 0) is 0 Å². The maximum absolute atomic E-state index is 10.2. The predicted molar refractivity (Wildman–Crippen MR) is 71.0 cm³/mol. The molecule has 1 saturated carbocycles. The van der Waals surface area contributed by atoms with Crippen molar-refractivity contribution in [1.82, 2.24) is 0 Å². The summed E-state index contributed by atoms with van der Waals surface area (Å²) in [6.45, 7) is 4.32. The zero-order valence-electron chi connectivity index (χ0n) is 11.3. The summed E-state index contributed by atoms with van der Waals surface area (Å²) in [5.41, 5.74) is 0. The quantitative estimate of drug-likeness (QED) is 0.896. The average Bonchev–Trinajstić information content (AvgIpc) is 2.34. The van der Waals surface area contributed by atoms with E-state index in [0.717, 1.165) is 18.6 Å². The van der Waals surface area contributed by atoms with Crippen LogP contribution in [0.3, 0.4) is 0 Å². The summed E-state index contributed by atoms with van der Waals surface area (Å²) in [5.74, 6) is 2.35. The second-order valence-electron chi connectivity index (χ2n) is 5.35. The molecule has 4 atom stereocenters. The van der Waals surface area contributed by atoms with Crippen molar-refractivity contribution >= 4 is 0 Å². The van der Waals surface area contributed by atoms with Crippen LogP contribution in [0.5, 0.6) is 11.5 Å². The molecule has 2 rings (SSSR count). The van der Waals surface area contributed by atoms with Crippen molar-refractivity contribution in [2.24, 2.45) is 11.8 Å². The van der Waals surface area contributed by atoms with Crippen molar-refractivity contribution in [3.05, 3.63) is 24.3 Å². The Morgan fingerprint density at radius 2 is 1.78 bits per heavy atom. The van der Waals surface area contributed by atoms with Crippen molar-refractivity contribution in [1.29, 1.82) is 0 Å². The minimum atomic E-state index is -0.395. The van der Waals surface area contributed by atoms with Gasteiger partial charge in [0.2, 0.25) is 0 Å². The Morgan fingerprint density at radius 1 is 1.11 bits per heavy atom. The molecule has 0 aromatic heterocycles. The molecule has 0 saturated heterocycles. The van der Waals surface area contributed by atoms with Gasteiger partial charge < -0.3 is 14.6 Å². The zero-order chi connectivity index (χ0) is 13.1. The first-order chi connectivity index (χ1) is 8.61. The molecule has 1 aromatic carbocycles. The number of benzene rings is 1. The lowest BCUT2D eigenvalue weighted by atomic mass is 9.79. The molecule has 0 spiro atoms. The normalized spacial score (nSPS) is 32.0. The molecule has 1 aliphatic carbocycles. The van der Waals surface area contributed by atoms with Crippen molar-refractivity contribution in [3.63, 3.8) is 0 Å². The molecule has 1 fully saturated rings. The van der Waals surface area contributed by atoms with E-state index in [1.165, 1.54) is 0 Å². The number of methoxy groups -OCH3 is 1. The van der Waals surface area contributed by atoms with E-state index in [-0.39, 0.29) is 6.10 Å². The van der Waals surface area contributed by atoms with Crippen LogP contribution in [0.1, 0.15) is 26.7 Å². The molecular weight excluding hydrogens is 228 g/mol. The highest BCUT2D eigenvalue weighted by Gasteiger charge is 2.34. The molecule has 3 heteroatoms. The van der Waals surface area contributed by atoms with Gasteiger partial charge in [0, 0.05) is 0 Å². The van der Waals surface area contributed by atoms with Gasteiger partial charge in [-0.25, -0.2) is 0 Å². The maximum atomic E-state index is 10.2. The van der Waals surface area contributed by atoms with Crippen LogP contribution in [-0.4, -0.2) is 24.4 Å². The summed E-state index contributed by atoms with van der Waals surface area (Å²) in [4.78, 5) is 0. The van der Waals surface area contributed by atoms with E-state index in [9.17, 15) is 5.11 Å². The van der Waals surface area contributed by atoms with E-state index in [4.69, 9.17) is 9.47 Å². The zero-order valence-corrected chi connectivity index (χ0v) is 11.3. The van der Waals surface area contributed by atoms with Gasteiger partial charge >= 0.3 is 0 Å². The van der Waals surface area contributed by atoms with Gasteiger partial charge in [-0.2, -0.15) is 0 Å². The number of hydrogen-bond acceptors (Lipinski definition) is 3. The number of aliphatic hydroxyl groups is 1. The van der Waals surface area contributed by atoms with Crippen LogP contribution in [0.2, 0.25) is 0 Å². The SMILES string of the molecule is COc1ccccc1OC1C(C)CC(C)CC1O. The highest BCUT2D eigenvalue weighted by molar-refractivity contribution is 5.39. The number of ether oxygens (including phenoxy) is 2. The lowest BCUT2D eigenvalue weighted by Crippen LogP contribution is -2.43. The Labute approximate surface area is 109 Å². The van der Waals surface area contributed by atoms with Crippen LogP contribution in [0, 0.1) is 11.8 Å². The van der Waals surface area contributed by atoms with Crippen molar-refractivity contribution in [2.75, 3.05) is 7.11 Å². The monoisotopic (exact) mass is 250 g/mol. The van der Waals surface area contributed by atoms with Gasteiger partial charge in [-0.15, -0.1) is 0 Å². The molecule has 0 radical (unpaired) electrons. The third kappa shape index (κ3) is 2.78.